The fourth-order valence-corrected chi connectivity index (χ4v) is 5.03. The number of para-hydroxylation sites is 2. The number of hydrogen-bond donors (Lipinski definition) is 1. The number of nitrogens with one attached hydrogen (secondary N) is 1. The molecule has 0 unspecified atom stereocenters. The van der Waals surface area contributed by atoms with Crippen LogP contribution in [-0.2, 0) is 14.8 Å². The van der Waals surface area contributed by atoms with Crippen LogP contribution in [0.5, 0.6) is 11.5 Å². The zero-order valence-corrected chi connectivity index (χ0v) is 20.6. The van der Waals surface area contributed by atoms with Crippen molar-refractivity contribution in [2.75, 3.05) is 25.1 Å². The number of anilines is 1. The summed E-state index contributed by atoms with van der Waals surface area (Å²) in [5.41, 5.74) is 2.13. The molecule has 180 valence electrons. The lowest BCUT2D eigenvalue weighted by Gasteiger charge is -2.27. The molecule has 3 aromatic carbocycles. The van der Waals surface area contributed by atoms with Gasteiger partial charge in [-0.3, -0.25) is 9.10 Å². The zero-order valence-electron chi connectivity index (χ0n) is 19.8. The molecule has 0 aliphatic rings. The van der Waals surface area contributed by atoms with Gasteiger partial charge < -0.3 is 14.8 Å². The van der Waals surface area contributed by atoms with Crippen LogP contribution in [-0.4, -0.2) is 35.1 Å². The minimum absolute atomic E-state index is 0.0963. The number of carbonyl (C=O) groups is 1. The quantitative estimate of drug-likeness (QED) is 0.461. The highest BCUT2D eigenvalue weighted by Gasteiger charge is 2.30. The summed E-state index contributed by atoms with van der Waals surface area (Å²) in [6.07, 6.45) is 0.636. The highest BCUT2D eigenvalue weighted by molar-refractivity contribution is 7.92. The fraction of sp³-hybridized carbons (Fsp3) is 0.269. The lowest BCUT2D eigenvalue weighted by molar-refractivity contribution is -0.120. The van der Waals surface area contributed by atoms with Crippen LogP contribution in [0, 0.1) is 6.92 Å². The van der Waals surface area contributed by atoms with Crippen LogP contribution in [0.1, 0.15) is 30.5 Å². The first-order valence-corrected chi connectivity index (χ1v) is 12.4. The second-order valence-corrected chi connectivity index (χ2v) is 9.66. The summed E-state index contributed by atoms with van der Waals surface area (Å²) < 4.78 is 38.9. The highest BCUT2D eigenvalue weighted by atomic mass is 32.2. The molecule has 1 N–H and O–H groups in total. The number of benzene rings is 3. The molecule has 34 heavy (non-hydrogen) atoms. The molecule has 8 heteroatoms. The summed E-state index contributed by atoms with van der Waals surface area (Å²) in [5.74, 6) is 0.647. The Morgan fingerprint density at radius 2 is 1.59 bits per heavy atom. The van der Waals surface area contributed by atoms with Crippen molar-refractivity contribution < 1.29 is 22.7 Å². The molecule has 0 bridgehead atoms. The first-order chi connectivity index (χ1) is 16.3. The van der Waals surface area contributed by atoms with Gasteiger partial charge in [0.2, 0.25) is 5.91 Å². The summed E-state index contributed by atoms with van der Waals surface area (Å²) in [6, 6.07) is 20.4. The van der Waals surface area contributed by atoms with E-state index in [1.165, 1.54) is 19.2 Å². The monoisotopic (exact) mass is 482 g/mol. The lowest BCUT2D eigenvalue weighted by Crippen LogP contribution is -2.42. The molecule has 0 spiro atoms. The second-order valence-electron chi connectivity index (χ2n) is 7.80. The standard InChI is InChI=1S/C26H30N2O5S/c1-5-23(20-12-14-21(32-3)15-13-20)27-26(29)18-28(24-8-6-7-9-25(24)33-4)34(30,31)22-16-10-19(2)11-17-22/h6-17,23H,5,18H2,1-4H3,(H,27,29)/t23-/m0/s1. The Labute approximate surface area is 201 Å². The number of amides is 1. The number of carbonyl (C=O) groups excluding carboxylic acids is 1. The van der Waals surface area contributed by atoms with Crippen molar-refractivity contribution in [2.45, 2.75) is 31.2 Å². The van der Waals surface area contributed by atoms with Gasteiger partial charge in [-0.25, -0.2) is 8.42 Å². The molecule has 0 aromatic heterocycles. The Hall–Kier alpha value is -3.52. The van der Waals surface area contributed by atoms with Gasteiger partial charge in [0.25, 0.3) is 10.0 Å². The maximum Gasteiger partial charge on any atom is 0.264 e. The Balaban J connectivity index is 1.93. The Kier molecular flexibility index (Phi) is 8.17. The third-order valence-corrected chi connectivity index (χ3v) is 7.29. The van der Waals surface area contributed by atoms with E-state index in [2.05, 4.69) is 5.32 Å². The smallest absolute Gasteiger partial charge is 0.264 e. The zero-order chi connectivity index (χ0) is 24.7. The third-order valence-electron chi connectivity index (χ3n) is 5.51. The van der Waals surface area contributed by atoms with Crippen LogP contribution in [0.4, 0.5) is 5.69 Å². The number of hydrogen-bond acceptors (Lipinski definition) is 5. The topological polar surface area (TPSA) is 84.9 Å². The molecule has 0 heterocycles. The van der Waals surface area contributed by atoms with E-state index in [0.29, 0.717) is 17.9 Å². The van der Waals surface area contributed by atoms with E-state index in [9.17, 15) is 13.2 Å². The van der Waals surface area contributed by atoms with Crippen molar-refractivity contribution >= 4 is 21.6 Å². The Morgan fingerprint density at radius 1 is 0.941 bits per heavy atom. The van der Waals surface area contributed by atoms with Gasteiger partial charge in [-0.15, -0.1) is 0 Å². The molecule has 1 amide bonds. The molecule has 0 saturated carbocycles. The minimum Gasteiger partial charge on any atom is -0.497 e. The van der Waals surface area contributed by atoms with Crippen molar-refractivity contribution in [3.8, 4) is 11.5 Å². The van der Waals surface area contributed by atoms with Crippen molar-refractivity contribution in [2.24, 2.45) is 0 Å². The first-order valence-electron chi connectivity index (χ1n) is 11.0. The van der Waals surface area contributed by atoms with Crippen molar-refractivity contribution in [1.29, 1.82) is 0 Å². The van der Waals surface area contributed by atoms with Crippen LogP contribution >= 0.6 is 0 Å². The van der Waals surface area contributed by atoms with Crippen molar-refractivity contribution in [1.82, 2.24) is 5.32 Å². The van der Waals surface area contributed by atoms with Crippen LogP contribution in [0.15, 0.2) is 77.7 Å². The third kappa shape index (κ3) is 5.69. The Morgan fingerprint density at radius 3 is 2.18 bits per heavy atom. The molecule has 3 aromatic rings. The average Bonchev–Trinajstić information content (AvgIpc) is 2.86. The van der Waals surface area contributed by atoms with Gasteiger partial charge in [0.15, 0.2) is 0 Å². The van der Waals surface area contributed by atoms with Gasteiger partial charge in [0.05, 0.1) is 30.8 Å². The molecule has 0 aliphatic heterocycles. The SMILES string of the molecule is CC[C@H](NC(=O)CN(c1ccccc1OC)S(=O)(=O)c1ccc(C)cc1)c1ccc(OC)cc1. The maximum absolute atomic E-state index is 13.6. The van der Waals surface area contributed by atoms with Crippen LogP contribution in [0.3, 0.4) is 0 Å². The van der Waals surface area contributed by atoms with Gasteiger partial charge >= 0.3 is 0 Å². The molecular weight excluding hydrogens is 452 g/mol. The average molecular weight is 483 g/mol. The predicted molar refractivity (Wildman–Crippen MR) is 133 cm³/mol. The van der Waals surface area contributed by atoms with E-state index in [4.69, 9.17) is 9.47 Å². The lowest BCUT2D eigenvalue weighted by atomic mass is 10.0. The van der Waals surface area contributed by atoms with Crippen molar-refractivity contribution in [3.05, 3.63) is 83.9 Å². The highest BCUT2D eigenvalue weighted by Crippen LogP contribution is 2.32. The number of rotatable bonds is 10. The van der Waals surface area contributed by atoms with Crippen LogP contribution in [0.2, 0.25) is 0 Å². The van der Waals surface area contributed by atoms with Crippen molar-refractivity contribution in [3.63, 3.8) is 0 Å². The largest absolute Gasteiger partial charge is 0.497 e. The molecule has 0 aliphatic carbocycles. The van der Waals surface area contributed by atoms with E-state index in [0.717, 1.165) is 21.2 Å². The number of methoxy groups -OCH3 is 2. The Bertz CT molecular complexity index is 1210. The number of sulfonamides is 1. The normalized spacial score (nSPS) is 12.0. The van der Waals surface area contributed by atoms with Gasteiger partial charge in [-0.05, 0) is 55.3 Å². The van der Waals surface area contributed by atoms with E-state index in [-0.39, 0.29) is 10.9 Å². The summed E-state index contributed by atoms with van der Waals surface area (Å²) in [5, 5.41) is 2.96. The second kappa shape index (κ2) is 11.1. The predicted octanol–water partition coefficient (Wildman–Crippen LogP) is 4.48. The maximum atomic E-state index is 13.6. The van der Waals surface area contributed by atoms with Crippen LogP contribution in [0.25, 0.3) is 0 Å². The fourth-order valence-electron chi connectivity index (χ4n) is 3.60. The summed E-state index contributed by atoms with van der Waals surface area (Å²) in [7, 11) is -0.982. The van der Waals surface area contributed by atoms with E-state index in [1.54, 1.807) is 43.5 Å². The van der Waals surface area contributed by atoms with Gasteiger partial charge in [-0.1, -0.05) is 48.9 Å². The summed E-state index contributed by atoms with van der Waals surface area (Å²) in [4.78, 5) is 13.2. The summed E-state index contributed by atoms with van der Waals surface area (Å²) in [6.45, 7) is 3.44. The molecule has 3 rings (SSSR count). The summed E-state index contributed by atoms with van der Waals surface area (Å²) >= 11 is 0. The molecule has 7 nitrogen and oxygen atoms in total. The first kappa shape index (κ1) is 25.1. The number of ether oxygens (including phenoxy) is 2. The molecule has 0 fully saturated rings. The van der Waals surface area contributed by atoms with E-state index >= 15 is 0 Å². The number of aryl methyl sites for hydroxylation is 1. The van der Waals surface area contributed by atoms with Gasteiger partial charge in [0, 0.05) is 0 Å². The molecule has 1 atom stereocenters. The van der Waals surface area contributed by atoms with E-state index < -0.39 is 22.5 Å². The molecule has 0 radical (unpaired) electrons. The van der Waals surface area contributed by atoms with E-state index in [1.807, 2.05) is 38.1 Å². The minimum atomic E-state index is -4.04. The molecular formula is C26H30N2O5S. The van der Waals surface area contributed by atoms with Gasteiger partial charge in [-0.2, -0.15) is 0 Å². The van der Waals surface area contributed by atoms with Gasteiger partial charge in [0.1, 0.15) is 18.0 Å². The van der Waals surface area contributed by atoms with Crippen LogP contribution < -0.4 is 19.1 Å². The molecule has 0 saturated heterocycles. The number of nitrogens with zero attached hydrogens (tertiary/aromatic N) is 1.